The van der Waals surface area contributed by atoms with Crippen LogP contribution in [0, 0.1) is 17.2 Å². The maximum absolute atomic E-state index is 13.9. The van der Waals surface area contributed by atoms with Crippen LogP contribution in [0.5, 0.6) is 0 Å². The summed E-state index contributed by atoms with van der Waals surface area (Å²) in [6, 6.07) is 45.8. The van der Waals surface area contributed by atoms with Gasteiger partial charge in [-0.05, 0) is 78.3 Å². The second-order valence-electron chi connectivity index (χ2n) is 13.6. The number of amides is 1. The lowest BCUT2D eigenvalue weighted by molar-refractivity contribution is -0.123. The highest BCUT2D eigenvalue weighted by Gasteiger charge is 2.42. The lowest BCUT2D eigenvalue weighted by Crippen LogP contribution is -2.48. The molecule has 0 atom stereocenters. The van der Waals surface area contributed by atoms with Gasteiger partial charge in [-0.2, -0.15) is 10.4 Å². The molecule has 1 aromatic heterocycles. The van der Waals surface area contributed by atoms with Crippen LogP contribution >= 0.6 is 11.6 Å². The van der Waals surface area contributed by atoms with E-state index in [1.54, 1.807) is 18.2 Å². The Labute approximate surface area is 297 Å². The number of carbonyl (C=O) groups is 1. The molecule has 0 aliphatic heterocycles. The summed E-state index contributed by atoms with van der Waals surface area (Å²) in [5.41, 5.74) is 5.19. The minimum atomic E-state index is -0.877. The number of nitrogens with zero attached hydrogens (tertiary/aromatic N) is 3. The molecule has 2 aliphatic carbocycles. The Morgan fingerprint density at radius 2 is 1.38 bits per heavy atom. The van der Waals surface area contributed by atoms with E-state index in [0.29, 0.717) is 28.5 Å². The molecule has 6 nitrogen and oxygen atoms in total. The van der Waals surface area contributed by atoms with Gasteiger partial charge in [0.2, 0.25) is 5.91 Å². The van der Waals surface area contributed by atoms with Gasteiger partial charge in [-0.1, -0.05) is 122 Å². The first kappa shape index (κ1) is 32.0. The van der Waals surface area contributed by atoms with Gasteiger partial charge in [0.05, 0.1) is 17.1 Å². The number of nitriles is 1. The van der Waals surface area contributed by atoms with Crippen molar-refractivity contribution in [2.75, 3.05) is 5.32 Å². The Morgan fingerprint density at radius 3 is 1.96 bits per heavy atom. The Kier molecular flexibility index (Phi) is 8.70. The van der Waals surface area contributed by atoms with Gasteiger partial charge in [-0.25, -0.2) is 4.68 Å². The van der Waals surface area contributed by atoms with Crippen molar-refractivity contribution in [3.63, 3.8) is 0 Å². The van der Waals surface area contributed by atoms with Crippen LogP contribution in [0.15, 0.2) is 127 Å². The van der Waals surface area contributed by atoms with E-state index in [4.69, 9.17) is 16.7 Å². The fourth-order valence-corrected chi connectivity index (χ4v) is 8.19. The molecule has 0 bridgehead atoms. The summed E-state index contributed by atoms with van der Waals surface area (Å²) in [6.45, 7) is 0. The number of aromatic nitrogens is 2. The summed E-state index contributed by atoms with van der Waals surface area (Å²) >= 11 is 6.72. The Morgan fingerprint density at radius 1 is 0.780 bits per heavy atom. The third kappa shape index (κ3) is 5.77. The third-order valence-corrected chi connectivity index (χ3v) is 10.9. The molecule has 1 heterocycles. The normalized spacial score (nSPS) is 17.7. The number of fused-ring (bicyclic) bond motifs is 1. The van der Waals surface area contributed by atoms with Gasteiger partial charge in [0, 0.05) is 34.0 Å². The molecule has 2 fully saturated rings. The first-order chi connectivity index (χ1) is 24.5. The van der Waals surface area contributed by atoms with Crippen LogP contribution in [0.3, 0.4) is 0 Å². The van der Waals surface area contributed by atoms with E-state index < -0.39 is 5.54 Å². The van der Waals surface area contributed by atoms with Crippen molar-refractivity contribution in [2.45, 2.75) is 56.1 Å². The van der Waals surface area contributed by atoms with Crippen molar-refractivity contribution >= 4 is 34.2 Å². The van der Waals surface area contributed by atoms with Crippen LogP contribution < -0.4 is 10.6 Å². The highest BCUT2D eigenvalue weighted by molar-refractivity contribution is 6.33. The molecule has 8 rings (SSSR count). The van der Waals surface area contributed by atoms with Crippen LogP contribution in [0.25, 0.3) is 22.0 Å². The van der Waals surface area contributed by atoms with Crippen LogP contribution in [-0.4, -0.2) is 27.8 Å². The van der Waals surface area contributed by atoms with E-state index in [2.05, 4.69) is 100 Å². The number of halogens is 1. The van der Waals surface area contributed by atoms with E-state index in [-0.39, 0.29) is 11.8 Å². The standard InChI is InChI=1S/C43H38ClN5O/c44-39-22-20-29(28-45)24-37(39)30-21-23-40-38(27-30)41(47-42(50)31-25-36(26-31)46-35-18-10-11-19-35)48-49(40)43(32-12-4-1-5-13-32,33-14-6-2-7-15-33)34-16-8-3-9-17-34/h1-9,12-17,20-24,27,31,35-36,46H,10-11,18-19,25-26H2,(H,47,48,50). The van der Waals surface area contributed by atoms with Crippen molar-refractivity contribution in [3.05, 3.63) is 155 Å². The zero-order valence-electron chi connectivity index (χ0n) is 27.7. The summed E-state index contributed by atoms with van der Waals surface area (Å²) in [4.78, 5) is 13.9. The first-order valence-electron chi connectivity index (χ1n) is 17.5. The summed E-state index contributed by atoms with van der Waals surface area (Å²) in [5.74, 6) is 0.403. The molecule has 6 aromatic rings. The topological polar surface area (TPSA) is 82.7 Å². The lowest BCUT2D eigenvalue weighted by atomic mass is 9.77. The van der Waals surface area contributed by atoms with Crippen molar-refractivity contribution in [3.8, 4) is 17.2 Å². The fourth-order valence-electron chi connectivity index (χ4n) is 7.97. The number of nitrogens with one attached hydrogen (secondary N) is 2. The largest absolute Gasteiger partial charge is 0.311 e. The van der Waals surface area contributed by atoms with E-state index in [0.717, 1.165) is 51.6 Å². The maximum Gasteiger partial charge on any atom is 0.228 e. The predicted octanol–water partition coefficient (Wildman–Crippen LogP) is 9.32. The summed E-state index contributed by atoms with van der Waals surface area (Å²) < 4.78 is 2.07. The van der Waals surface area contributed by atoms with Gasteiger partial charge < -0.3 is 10.6 Å². The molecule has 7 heteroatoms. The molecule has 2 N–H and O–H groups in total. The van der Waals surface area contributed by atoms with Gasteiger partial charge in [0.1, 0.15) is 5.54 Å². The number of rotatable bonds is 9. The van der Waals surface area contributed by atoms with E-state index in [9.17, 15) is 10.1 Å². The SMILES string of the molecule is N#Cc1ccc(Cl)c(-c2ccc3c(c2)c(NC(=O)C2CC(NC4CCCC4)C2)nn3C(c2ccccc2)(c2ccccc2)c2ccccc2)c1. The lowest BCUT2D eigenvalue weighted by Gasteiger charge is -2.37. The summed E-state index contributed by atoms with van der Waals surface area (Å²) in [7, 11) is 0. The molecule has 5 aromatic carbocycles. The molecule has 50 heavy (non-hydrogen) atoms. The summed E-state index contributed by atoms with van der Waals surface area (Å²) in [5, 5.41) is 23.4. The Hall–Kier alpha value is -5.22. The minimum Gasteiger partial charge on any atom is -0.311 e. The maximum atomic E-state index is 13.9. The Bertz CT molecular complexity index is 2080. The Balaban J connectivity index is 1.30. The van der Waals surface area contributed by atoms with Crippen LogP contribution in [0.2, 0.25) is 5.02 Å². The minimum absolute atomic E-state index is 0.0133. The predicted molar refractivity (Wildman–Crippen MR) is 200 cm³/mol. The van der Waals surface area contributed by atoms with E-state index in [1.807, 2.05) is 30.3 Å². The highest BCUT2D eigenvalue weighted by atomic mass is 35.5. The van der Waals surface area contributed by atoms with Crippen LogP contribution in [0.1, 0.15) is 60.8 Å². The monoisotopic (exact) mass is 675 g/mol. The van der Waals surface area contributed by atoms with Crippen LogP contribution in [0.4, 0.5) is 5.82 Å². The van der Waals surface area contributed by atoms with Gasteiger partial charge >= 0.3 is 0 Å². The smallest absolute Gasteiger partial charge is 0.228 e. The molecule has 0 unspecified atom stereocenters. The van der Waals surface area contributed by atoms with Crippen molar-refractivity contribution in [1.29, 1.82) is 5.26 Å². The average Bonchev–Trinajstić information content (AvgIpc) is 3.80. The van der Waals surface area contributed by atoms with Crippen LogP contribution in [-0.2, 0) is 10.3 Å². The second kappa shape index (κ2) is 13.6. The van der Waals surface area contributed by atoms with Crippen molar-refractivity contribution in [1.82, 2.24) is 15.1 Å². The molecule has 0 spiro atoms. The quantitative estimate of drug-likeness (QED) is 0.150. The molecular formula is C43H38ClN5O. The van der Waals surface area contributed by atoms with E-state index in [1.165, 1.54) is 25.7 Å². The fraction of sp³-hybridized carbons (Fsp3) is 0.233. The van der Waals surface area contributed by atoms with Crippen molar-refractivity contribution in [2.24, 2.45) is 5.92 Å². The van der Waals surface area contributed by atoms with Gasteiger partial charge in [-0.15, -0.1) is 0 Å². The molecule has 2 aliphatic rings. The third-order valence-electron chi connectivity index (χ3n) is 10.6. The molecule has 0 radical (unpaired) electrons. The number of hydrogen-bond acceptors (Lipinski definition) is 4. The number of anilines is 1. The molecule has 0 saturated heterocycles. The molecule has 2 saturated carbocycles. The first-order valence-corrected chi connectivity index (χ1v) is 17.9. The number of carbonyl (C=O) groups excluding carboxylic acids is 1. The average molecular weight is 676 g/mol. The zero-order valence-corrected chi connectivity index (χ0v) is 28.5. The van der Waals surface area contributed by atoms with Gasteiger partial charge in [-0.3, -0.25) is 4.79 Å². The summed E-state index contributed by atoms with van der Waals surface area (Å²) in [6.07, 6.45) is 6.68. The molecular weight excluding hydrogens is 638 g/mol. The van der Waals surface area contributed by atoms with Gasteiger partial charge in [0.15, 0.2) is 5.82 Å². The number of benzene rings is 5. The molecule has 248 valence electrons. The van der Waals surface area contributed by atoms with E-state index >= 15 is 0 Å². The number of hydrogen-bond donors (Lipinski definition) is 2. The zero-order chi connectivity index (χ0) is 34.1. The highest BCUT2D eigenvalue weighted by Crippen LogP contribution is 2.44. The molecule has 1 amide bonds. The van der Waals surface area contributed by atoms with Gasteiger partial charge in [0.25, 0.3) is 0 Å². The second-order valence-corrected chi connectivity index (χ2v) is 14.0. The van der Waals surface area contributed by atoms with Crippen molar-refractivity contribution < 1.29 is 4.79 Å².